The summed E-state index contributed by atoms with van der Waals surface area (Å²) in [6.45, 7) is 6.45. The zero-order valence-corrected chi connectivity index (χ0v) is 40.6. The summed E-state index contributed by atoms with van der Waals surface area (Å²) in [6.07, 6.45) is 63.2. The molecule has 6 heteroatoms. The highest BCUT2D eigenvalue weighted by Crippen LogP contribution is 2.14. The van der Waals surface area contributed by atoms with Crippen LogP contribution in [0.4, 0.5) is 0 Å². The number of unbranched alkanes of at least 4 members (excludes halogenated alkanes) is 23. The fourth-order valence-electron chi connectivity index (χ4n) is 7.05. The monoisotopic (exact) mass is 865 g/mol. The predicted octanol–water partition coefficient (Wildman–Crippen LogP) is 17.0. The Kier molecular flexibility index (Phi) is 47.9. The molecular weight excluding hydrogens is 769 g/mol. The van der Waals surface area contributed by atoms with Crippen molar-refractivity contribution in [2.75, 3.05) is 13.2 Å². The number of hydrogen-bond acceptors (Lipinski definition) is 6. The average molecular weight is 865 g/mol. The van der Waals surface area contributed by atoms with Gasteiger partial charge in [0.15, 0.2) is 6.10 Å². The SMILES string of the molecule is CC/C=C\C/C=C\C/C=C\C/C=C\CCCCC(=O)O[C@H](COC(=O)CCCCCCCCCCCC)COC(=O)CCCCCCCCCCC/C=C\C/C=C\CCCCC. The summed E-state index contributed by atoms with van der Waals surface area (Å²) in [5, 5.41) is 0. The summed E-state index contributed by atoms with van der Waals surface area (Å²) < 4.78 is 16.7. The van der Waals surface area contributed by atoms with Gasteiger partial charge in [-0.2, -0.15) is 0 Å². The third kappa shape index (κ3) is 47.9. The molecule has 0 saturated carbocycles. The van der Waals surface area contributed by atoms with Gasteiger partial charge in [0.25, 0.3) is 0 Å². The van der Waals surface area contributed by atoms with Crippen LogP contribution in [-0.2, 0) is 28.6 Å². The number of carbonyl (C=O) groups excluding carboxylic acids is 3. The lowest BCUT2D eigenvalue weighted by molar-refractivity contribution is -0.167. The molecule has 0 radical (unpaired) electrons. The van der Waals surface area contributed by atoms with Crippen molar-refractivity contribution in [2.45, 2.75) is 252 Å². The van der Waals surface area contributed by atoms with Gasteiger partial charge < -0.3 is 14.2 Å². The van der Waals surface area contributed by atoms with Crippen molar-refractivity contribution in [3.8, 4) is 0 Å². The normalized spacial score (nSPS) is 12.6. The smallest absolute Gasteiger partial charge is 0.306 e. The molecule has 0 aromatic heterocycles. The Bertz CT molecular complexity index is 1180. The first-order chi connectivity index (χ1) is 30.5. The molecule has 0 rings (SSSR count). The number of ether oxygens (including phenoxy) is 3. The van der Waals surface area contributed by atoms with Crippen LogP contribution in [0.25, 0.3) is 0 Å². The Morgan fingerprint density at radius 1 is 0.339 bits per heavy atom. The summed E-state index contributed by atoms with van der Waals surface area (Å²) in [5.41, 5.74) is 0. The van der Waals surface area contributed by atoms with Crippen molar-refractivity contribution >= 4 is 17.9 Å². The van der Waals surface area contributed by atoms with E-state index in [0.29, 0.717) is 19.3 Å². The molecule has 0 aliphatic heterocycles. The van der Waals surface area contributed by atoms with Gasteiger partial charge in [-0.1, -0.05) is 209 Å². The summed E-state index contributed by atoms with van der Waals surface area (Å²) in [5.74, 6) is -0.938. The Balaban J connectivity index is 4.39. The maximum atomic E-state index is 12.8. The van der Waals surface area contributed by atoms with E-state index < -0.39 is 6.10 Å². The standard InChI is InChI=1S/C56H96O6/c1-4-7-10-13-16-19-22-24-26-27-28-29-31-32-34-37-40-43-46-49-55(58)61-52-53(51-60-54(57)48-45-42-39-36-21-18-15-12-9-6-3)62-56(59)50-47-44-41-38-35-33-30-25-23-20-17-14-11-8-5-2/h8,11,16-17,19-20,24-26,30,35,38,53H,4-7,9-10,12-15,18,21-23,27-29,31-34,36-37,39-52H2,1-3H3/b11-8-,19-16-,20-17-,26-24-,30-25-,38-35-/t53-/m1/s1. The van der Waals surface area contributed by atoms with E-state index in [2.05, 4.69) is 93.7 Å². The van der Waals surface area contributed by atoms with Gasteiger partial charge in [-0.25, -0.2) is 0 Å². The number of esters is 3. The van der Waals surface area contributed by atoms with Crippen LogP contribution < -0.4 is 0 Å². The van der Waals surface area contributed by atoms with Crippen molar-refractivity contribution in [3.63, 3.8) is 0 Å². The number of hydrogen-bond donors (Lipinski definition) is 0. The van der Waals surface area contributed by atoms with Crippen molar-refractivity contribution in [1.82, 2.24) is 0 Å². The van der Waals surface area contributed by atoms with Crippen LogP contribution in [0.1, 0.15) is 245 Å². The van der Waals surface area contributed by atoms with Crippen molar-refractivity contribution in [2.24, 2.45) is 0 Å². The van der Waals surface area contributed by atoms with Gasteiger partial charge in [0.1, 0.15) is 13.2 Å². The summed E-state index contributed by atoms with van der Waals surface area (Å²) in [6, 6.07) is 0. The molecule has 0 saturated heterocycles. The molecule has 0 heterocycles. The van der Waals surface area contributed by atoms with Crippen molar-refractivity contribution in [3.05, 3.63) is 72.9 Å². The second kappa shape index (κ2) is 50.5. The molecule has 356 valence electrons. The number of rotatable bonds is 46. The highest BCUT2D eigenvalue weighted by Gasteiger charge is 2.19. The Labute approximate surface area is 382 Å². The lowest BCUT2D eigenvalue weighted by atomic mass is 10.1. The third-order valence-corrected chi connectivity index (χ3v) is 10.9. The van der Waals surface area contributed by atoms with Gasteiger partial charge in [-0.15, -0.1) is 0 Å². The predicted molar refractivity (Wildman–Crippen MR) is 265 cm³/mol. The fraction of sp³-hybridized carbons (Fsp3) is 0.732. The summed E-state index contributed by atoms with van der Waals surface area (Å²) in [4.78, 5) is 37.9. The highest BCUT2D eigenvalue weighted by atomic mass is 16.6. The fourth-order valence-corrected chi connectivity index (χ4v) is 7.05. The molecule has 0 N–H and O–H groups in total. The number of allylic oxidation sites excluding steroid dienone is 12. The van der Waals surface area contributed by atoms with E-state index in [1.54, 1.807) is 0 Å². The molecule has 0 bridgehead atoms. The second-order valence-corrected chi connectivity index (χ2v) is 17.1. The Morgan fingerprint density at radius 2 is 0.629 bits per heavy atom. The van der Waals surface area contributed by atoms with Gasteiger partial charge in [0.05, 0.1) is 0 Å². The van der Waals surface area contributed by atoms with Crippen LogP contribution in [0.5, 0.6) is 0 Å². The average Bonchev–Trinajstić information content (AvgIpc) is 3.27. The molecule has 0 amide bonds. The van der Waals surface area contributed by atoms with Crippen LogP contribution in [0, 0.1) is 0 Å². The van der Waals surface area contributed by atoms with Gasteiger partial charge in [-0.05, 0) is 89.9 Å². The van der Waals surface area contributed by atoms with E-state index in [1.165, 1.54) is 116 Å². The minimum Gasteiger partial charge on any atom is -0.462 e. The van der Waals surface area contributed by atoms with Gasteiger partial charge >= 0.3 is 17.9 Å². The molecule has 6 nitrogen and oxygen atoms in total. The second-order valence-electron chi connectivity index (χ2n) is 17.1. The molecule has 0 aromatic carbocycles. The molecule has 0 aliphatic carbocycles. The zero-order chi connectivity index (χ0) is 45.1. The van der Waals surface area contributed by atoms with Crippen LogP contribution in [0.3, 0.4) is 0 Å². The zero-order valence-electron chi connectivity index (χ0n) is 40.6. The lowest BCUT2D eigenvalue weighted by Gasteiger charge is -2.18. The quantitative estimate of drug-likeness (QED) is 0.0262. The van der Waals surface area contributed by atoms with Crippen LogP contribution in [-0.4, -0.2) is 37.2 Å². The van der Waals surface area contributed by atoms with E-state index in [9.17, 15) is 14.4 Å². The van der Waals surface area contributed by atoms with Gasteiger partial charge in [-0.3, -0.25) is 14.4 Å². The van der Waals surface area contributed by atoms with Crippen molar-refractivity contribution < 1.29 is 28.6 Å². The van der Waals surface area contributed by atoms with E-state index in [4.69, 9.17) is 14.2 Å². The molecule has 0 fully saturated rings. The number of carbonyl (C=O) groups is 3. The molecule has 62 heavy (non-hydrogen) atoms. The third-order valence-electron chi connectivity index (χ3n) is 10.9. The Hall–Kier alpha value is -3.15. The molecule has 1 atom stereocenters. The van der Waals surface area contributed by atoms with Gasteiger partial charge in [0, 0.05) is 19.3 Å². The van der Waals surface area contributed by atoms with Crippen molar-refractivity contribution in [1.29, 1.82) is 0 Å². The molecule has 0 unspecified atom stereocenters. The maximum Gasteiger partial charge on any atom is 0.306 e. The lowest BCUT2D eigenvalue weighted by Crippen LogP contribution is -2.30. The molecule has 0 aliphatic rings. The van der Waals surface area contributed by atoms with E-state index in [-0.39, 0.29) is 37.5 Å². The topological polar surface area (TPSA) is 78.9 Å². The summed E-state index contributed by atoms with van der Waals surface area (Å²) in [7, 11) is 0. The Morgan fingerprint density at radius 3 is 1.05 bits per heavy atom. The van der Waals surface area contributed by atoms with E-state index in [1.807, 2.05) is 0 Å². The molecule has 0 aromatic rings. The first-order valence-corrected chi connectivity index (χ1v) is 25.9. The first kappa shape index (κ1) is 58.9. The minimum absolute atomic E-state index is 0.0921. The van der Waals surface area contributed by atoms with Crippen LogP contribution in [0.2, 0.25) is 0 Å². The van der Waals surface area contributed by atoms with Gasteiger partial charge in [0.2, 0.25) is 0 Å². The van der Waals surface area contributed by atoms with Crippen LogP contribution >= 0.6 is 0 Å². The highest BCUT2D eigenvalue weighted by molar-refractivity contribution is 5.71. The first-order valence-electron chi connectivity index (χ1n) is 25.9. The van der Waals surface area contributed by atoms with Crippen LogP contribution in [0.15, 0.2) is 72.9 Å². The largest absolute Gasteiger partial charge is 0.462 e. The molecule has 0 spiro atoms. The van der Waals surface area contributed by atoms with E-state index in [0.717, 1.165) is 83.5 Å². The minimum atomic E-state index is -0.796. The molecular formula is C56H96O6. The summed E-state index contributed by atoms with van der Waals surface area (Å²) >= 11 is 0. The van der Waals surface area contributed by atoms with E-state index >= 15 is 0 Å². The maximum absolute atomic E-state index is 12.8.